The van der Waals surface area contributed by atoms with Crippen molar-refractivity contribution in [3.05, 3.63) is 29.6 Å². The van der Waals surface area contributed by atoms with Crippen LogP contribution >= 0.6 is 0 Å². The van der Waals surface area contributed by atoms with Gasteiger partial charge in [0.15, 0.2) is 0 Å². The topological polar surface area (TPSA) is 40.7 Å². The lowest BCUT2D eigenvalue weighted by Crippen LogP contribution is -2.23. The van der Waals surface area contributed by atoms with E-state index >= 15 is 0 Å². The van der Waals surface area contributed by atoms with Crippen LogP contribution in [0.5, 0.6) is 0 Å². The van der Waals surface area contributed by atoms with Crippen molar-refractivity contribution in [2.75, 3.05) is 6.54 Å². The second-order valence-corrected chi connectivity index (χ2v) is 4.30. The molecule has 1 aromatic rings. The number of nitrogens with zero attached hydrogens (tertiary/aromatic N) is 1. The Morgan fingerprint density at radius 3 is 3.13 bits per heavy atom. The van der Waals surface area contributed by atoms with E-state index in [4.69, 9.17) is 0 Å². The first kappa shape index (κ1) is 10.4. The lowest BCUT2D eigenvalue weighted by molar-refractivity contribution is 0.440. The van der Waals surface area contributed by atoms with Gasteiger partial charge in [0.1, 0.15) is 0 Å². The summed E-state index contributed by atoms with van der Waals surface area (Å²) in [5, 5.41) is 10.5. The first-order valence-corrected chi connectivity index (χ1v) is 5.71. The summed E-state index contributed by atoms with van der Waals surface area (Å²) < 4.78 is 0. The van der Waals surface area contributed by atoms with Gasteiger partial charge in [0.2, 0.25) is 0 Å². The van der Waals surface area contributed by atoms with Crippen LogP contribution in [0.15, 0.2) is 18.3 Å². The maximum Gasteiger partial charge on any atom is 0.0535 e. The van der Waals surface area contributed by atoms with Gasteiger partial charge >= 0.3 is 0 Å². The van der Waals surface area contributed by atoms with Gasteiger partial charge < -0.3 is 5.32 Å². The van der Waals surface area contributed by atoms with Crippen LogP contribution in [-0.4, -0.2) is 16.7 Å². The minimum atomic E-state index is 0.821. The number of rotatable bonds is 4. The Morgan fingerprint density at radius 1 is 1.53 bits per heavy atom. The molecule has 3 heteroatoms. The number of allylic oxidation sites excluding steroid dienone is 2. The molecule has 0 saturated carbocycles. The van der Waals surface area contributed by atoms with Gasteiger partial charge in [0.25, 0.3) is 0 Å². The summed E-state index contributed by atoms with van der Waals surface area (Å²) in [5.41, 5.74) is 2.45. The average Bonchev–Trinajstić information content (AvgIpc) is 2.66. The Labute approximate surface area is 91.0 Å². The molecule has 82 valence electrons. The van der Waals surface area contributed by atoms with Crippen LogP contribution in [0.25, 0.3) is 0 Å². The van der Waals surface area contributed by atoms with Gasteiger partial charge in [0.05, 0.1) is 6.20 Å². The Kier molecular flexibility index (Phi) is 3.56. The lowest BCUT2D eigenvalue weighted by Gasteiger charge is -2.17. The zero-order valence-corrected chi connectivity index (χ0v) is 9.29. The zero-order valence-electron chi connectivity index (χ0n) is 9.29. The second-order valence-electron chi connectivity index (χ2n) is 4.30. The second kappa shape index (κ2) is 5.12. The molecule has 1 unspecified atom stereocenters. The van der Waals surface area contributed by atoms with Crippen LogP contribution in [-0.2, 0) is 6.54 Å². The number of aromatic nitrogens is 2. The molecule has 0 radical (unpaired) electrons. The fraction of sp³-hybridized carbons (Fsp3) is 0.583. The Morgan fingerprint density at radius 2 is 2.47 bits per heavy atom. The van der Waals surface area contributed by atoms with Crippen LogP contribution < -0.4 is 5.32 Å². The average molecular weight is 205 g/mol. The molecule has 0 spiro atoms. The molecule has 1 aliphatic rings. The molecule has 0 fully saturated rings. The highest BCUT2D eigenvalue weighted by Gasteiger charge is 2.09. The standard InChI is InChI=1S/C12H19N3/c1-10-12(9-14-15-10)8-13-7-11-5-3-2-4-6-11/h2-3,9,11,13H,4-8H2,1H3,(H,14,15). The molecule has 2 N–H and O–H groups in total. The summed E-state index contributed by atoms with van der Waals surface area (Å²) in [4.78, 5) is 0. The molecular weight excluding hydrogens is 186 g/mol. The minimum Gasteiger partial charge on any atom is -0.312 e. The Bertz CT molecular complexity index is 327. The summed E-state index contributed by atoms with van der Waals surface area (Å²) in [5.74, 6) is 0.821. The molecule has 1 heterocycles. The molecule has 1 aliphatic carbocycles. The van der Waals surface area contributed by atoms with Crippen molar-refractivity contribution in [3.63, 3.8) is 0 Å². The van der Waals surface area contributed by atoms with Crippen molar-refractivity contribution >= 4 is 0 Å². The third-order valence-electron chi connectivity index (χ3n) is 3.06. The predicted molar refractivity (Wildman–Crippen MR) is 61.5 cm³/mol. The van der Waals surface area contributed by atoms with Crippen molar-refractivity contribution in [2.45, 2.75) is 32.7 Å². The quantitative estimate of drug-likeness (QED) is 0.740. The molecule has 2 rings (SSSR count). The van der Waals surface area contributed by atoms with E-state index in [0.717, 1.165) is 19.0 Å². The van der Waals surface area contributed by atoms with Gasteiger partial charge in [-0.25, -0.2) is 0 Å². The Hall–Kier alpha value is -1.09. The van der Waals surface area contributed by atoms with Crippen molar-refractivity contribution < 1.29 is 0 Å². The van der Waals surface area contributed by atoms with Gasteiger partial charge in [-0.15, -0.1) is 0 Å². The number of hydrogen-bond donors (Lipinski definition) is 2. The van der Waals surface area contributed by atoms with E-state index < -0.39 is 0 Å². The number of nitrogens with one attached hydrogen (secondary N) is 2. The third-order valence-corrected chi connectivity index (χ3v) is 3.06. The van der Waals surface area contributed by atoms with E-state index in [0.29, 0.717) is 0 Å². The van der Waals surface area contributed by atoms with Crippen LogP contribution in [0.2, 0.25) is 0 Å². The molecule has 1 aromatic heterocycles. The molecule has 0 aliphatic heterocycles. The maximum atomic E-state index is 4.01. The smallest absolute Gasteiger partial charge is 0.0535 e. The van der Waals surface area contributed by atoms with E-state index in [9.17, 15) is 0 Å². The van der Waals surface area contributed by atoms with Crippen molar-refractivity contribution in [1.29, 1.82) is 0 Å². The van der Waals surface area contributed by atoms with Crippen LogP contribution in [0.1, 0.15) is 30.5 Å². The fourth-order valence-electron chi connectivity index (χ4n) is 2.01. The predicted octanol–water partition coefficient (Wildman–Crippen LogP) is 2.16. The SMILES string of the molecule is Cc1[nH]ncc1CNCC1CC=CCC1. The summed E-state index contributed by atoms with van der Waals surface area (Å²) >= 11 is 0. The summed E-state index contributed by atoms with van der Waals surface area (Å²) in [7, 11) is 0. The van der Waals surface area contributed by atoms with Gasteiger partial charge in [-0.3, -0.25) is 5.10 Å². The van der Waals surface area contributed by atoms with Crippen LogP contribution in [0.4, 0.5) is 0 Å². The molecule has 0 aromatic carbocycles. The number of aryl methyl sites for hydroxylation is 1. The minimum absolute atomic E-state index is 0.821. The van der Waals surface area contributed by atoms with Crippen LogP contribution in [0, 0.1) is 12.8 Å². The first-order chi connectivity index (χ1) is 7.36. The third kappa shape index (κ3) is 2.93. The molecule has 15 heavy (non-hydrogen) atoms. The molecule has 3 nitrogen and oxygen atoms in total. The van der Waals surface area contributed by atoms with Crippen molar-refractivity contribution in [1.82, 2.24) is 15.5 Å². The summed E-state index contributed by atoms with van der Waals surface area (Å²) in [6, 6.07) is 0. The fourth-order valence-corrected chi connectivity index (χ4v) is 2.01. The molecule has 1 atom stereocenters. The van der Waals surface area contributed by atoms with Crippen LogP contribution in [0.3, 0.4) is 0 Å². The molecule has 0 amide bonds. The van der Waals surface area contributed by atoms with E-state index in [1.54, 1.807) is 0 Å². The molecule has 0 bridgehead atoms. The summed E-state index contributed by atoms with van der Waals surface area (Å²) in [6.07, 6.45) is 10.3. The highest BCUT2D eigenvalue weighted by Crippen LogP contribution is 2.17. The normalized spacial score (nSPS) is 20.7. The van der Waals surface area contributed by atoms with Crippen molar-refractivity contribution in [2.24, 2.45) is 5.92 Å². The van der Waals surface area contributed by atoms with Crippen molar-refractivity contribution in [3.8, 4) is 0 Å². The highest BCUT2D eigenvalue weighted by atomic mass is 15.1. The van der Waals surface area contributed by atoms with E-state index in [1.807, 2.05) is 6.20 Å². The lowest BCUT2D eigenvalue weighted by atomic mass is 9.94. The van der Waals surface area contributed by atoms with E-state index in [1.165, 1.54) is 30.5 Å². The molecular formula is C12H19N3. The maximum absolute atomic E-state index is 4.01. The van der Waals surface area contributed by atoms with Gasteiger partial charge in [0, 0.05) is 17.8 Å². The van der Waals surface area contributed by atoms with E-state index in [2.05, 4.69) is 34.6 Å². The van der Waals surface area contributed by atoms with Gasteiger partial charge in [-0.2, -0.15) is 5.10 Å². The monoisotopic (exact) mass is 205 g/mol. The van der Waals surface area contributed by atoms with E-state index in [-0.39, 0.29) is 0 Å². The number of hydrogen-bond acceptors (Lipinski definition) is 2. The zero-order chi connectivity index (χ0) is 10.5. The number of H-pyrrole nitrogens is 1. The van der Waals surface area contributed by atoms with Gasteiger partial charge in [-0.05, 0) is 38.6 Å². The largest absolute Gasteiger partial charge is 0.312 e. The summed E-state index contributed by atoms with van der Waals surface area (Å²) in [6.45, 7) is 4.12. The number of aromatic amines is 1. The molecule has 0 saturated heterocycles. The Balaban J connectivity index is 1.71. The first-order valence-electron chi connectivity index (χ1n) is 5.71. The highest BCUT2D eigenvalue weighted by molar-refractivity contribution is 5.13. The van der Waals surface area contributed by atoms with Gasteiger partial charge in [-0.1, -0.05) is 12.2 Å².